The van der Waals surface area contributed by atoms with Crippen LogP contribution in [0.5, 0.6) is 11.5 Å². The molecule has 2 aromatic heterocycles. The zero-order valence-electron chi connectivity index (χ0n) is 18.4. The number of anilines is 2. The fraction of sp³-hybridized carbons (Fsp3) is 0.240. The summed E-state index contributed by atoms with van der Waals surface area (Å²) in [6, 6.07) is 17.1. The minimum atomic E-state index is 0.141. The van der Waals surface area contributed by atoms with Crippen molar-refractivity contribution in [2.24, 2.45) is 0 Å². The van der Waals surface area contributed by atoms with Crippen LogP contribution in [0.2, 0.25) is 5.02 Å². The molecule has 0 amide bonds. The van der Waals surface area contributed by atoms with Crippen LogP contribution in [0.15, 0.2) is 67.1 Å². The van der Waals surface area contributed by atoms with Gasteiger partial charge in [0, 0.05) is 18.4 Å². The predicted octanol–water partition coefficient (Wildman–Crippen LogP) is 4.37. The lowest BCUT2D eigenvalue weighted by molar-refractivity contribution is 0.0595. The molecule has 1 atom stereocenters. The fourth-order valence-electron chi connectivity index (χ4n) is 3.68. The van der Waals surface area contributed by atoms with E-state index in [2.05, 4.69) is 25.6 Å². The summed E-state index contributed by atoms with van der Waals surface area (Å²) in [4.78, 5) is 13.1. The maximum atomic E-state index is 6.49. The molecule has 0 aliphatic carbocycles. The highest BCUT2D eigenvalue weighted by molar-refractivity contribution is 6.32. The molecule has 1 saturated heterocycles. The van der Waals surface area contributed by atoms with E-state index in [0.717, 1.165) is 35.4 Å². The molecule has 1 fully saturated rings. The lowest BCUT2D eigenvalue weighted by atomic mass is 10.2. The van der Waals surface area contributed by atoms with Crippen molar-refractivity contribution in [1.82, 2.24) is 20.3 Å². The minimum absolute atomic E-state index is 0.141. The quantitative estimate of drug-likeness (QED) is 0.386. The van der Waals surface area contributed by atoms with Gasteiger partial charge in [0.05, 0.1) is 40.9 Å². The number of pyridine rings is 1. The third kappa shape index (κ3) is 5.36. The van der Waals surface area contributed by atoms with Gasteiger partial charge in [-0.15, -0.1) is 0 Å². The van der Waals surface area contributed by atoms with Crippen molar-refractivity contribution >= 4 is 34.0 Å². The third-order valence-corrected chi connectivity index (χ3v) is 5.65. The molecule has 0 saturated carbocycles. The highest BCUT2D eigenvalue weighted by Gasteiger charge is 2.16. The first-order valence-electron chi connectivity index (χ1n) is 11.0. The molecule has 34 heavy (non-hydrogen) atoms. The van der Waals surface area contributed by atoms with E-state index in [0.29, 0.717) is 42.2 Å². The maximum absolute atomic E-state index is 6.49. The Kier molecular flexibility index (Phi) is 6.99. The number of nitrogens with one attached hydrogen (secondary N) is 2. The van der Waals surface area contributed by atoms with Gasteiger partial charge in [0.2, 0.25) is 0 Å². The van der Waals surface area contributed by atoms with Gasteiger partial charge in [-0.05, 0) is 42.5 Å². The van der Waals surface area contributed by atoms with Crippen molar-refractivity contribution in [2.75, 3.05) is 31.7 Å². The normalized spacial score (nSPS) is 15.7. The number of fused-ring (bicyclic) bond motifs is 1. The summed E-state index contributed by atoms with van der Waals surface area (Å²) in [7, 11) is 0. The standard InChI is InChI=1S/C25H24ClN5O3/c26-20-12-17(7-8-22(20)33-14-18-4-1-2-9-27-18)31-25-24-21(29-16-30-25)5-3-6-23(24)34-15-19-13-32-11-10-28-19/h1-9,12,16,19,28H,10-11,13-15H2,(H,29,30,31)/t19-/m0/s1. The van der Waals surface area contributed by atoms with Gasteiger partial charge in [0.1, 0.15) is 36.9 Å². The van der Waals surface area contributed by atoms with E-state index in [4.69, 9.17) is 25.8 Å². The molecule has 5 rings (SSSR count). The Labute approximate surface area is 202 Å². The number of hydrogen-bond acceptors (Lipinski definition) is 8. The molecular formula is C25H24ClN5O3. The van der Waals surface area contributed by atoms with Crippen LogP contribution in [0.4, 0.5) is 11.5 Å². The second-order valence-corrected chi connectivity index (χ2v) is 8.20. The van der Waals surface area contributed by atoms with Crippen molar-refractivity contribution in [1.29, 1.82) is 0 Å². The number of morpholine rings is 1. The molecule has 174 valence electrons. The van der Waals surface area contributed by atoms with Crippen molar-refractivity contribution < 1.29 is 14.2 Å². The first-order chi connectivity index (χ1) is 16.8. The van der Waals surface area contributed by atoms with Crippen molar-refractivity contribution in [2.45, 2.75) is 12.6 Å². The minimum Gasteiger partial charge on any atom is -0.491 e. The van der Waals surface area contributed by atoms with Crippen LogP contribution in [0.3, 0.4) is 0 Å². The van der Waals surface area contributed by atoms with Gasteiger partial charge < -0.3 is 24.8 Å². The Bertz CT molecular complexity index is 1250. The molecule has 1 aliphatic rings. The number of ether oxygens (including phenoxy) is 3. The van der Waals surface area contributed by atoms with E-state index in [1.165, 1.54) is 6.33 Å². The van der Waals surface area contributed by atoms with Crippen LogP contribution in [-0.2, 0) is 11.3 Å². The smallest absolute Gasteiger partial charge is 0.145 e. The Balaban J connectivity index is 1.33. The van der Waals surface area contributed by atoms with Crippen LogP contribution in [-0.4, -0.2) is 47.4 Å². The number of halogens is 1. The molecule has 4 aromatic rings. The Morgan fingerprint density at radius 1 is 1.03 bits per heavy atom. The topological polar surface area (TPSA) is 90.4 Å². The molecule has 0 unspecified atom stereocenters. The second-order valence-electron chi connectivity index (χ2n) is 7.79. The molecule has 3 heterocycles. The molecule has 1 aliphatic heterocycles. The fourth-order valence-corrected chi connectivity index (χ4v) is 3.91. The summed E-state index contributed by atoms with van der Waals surface area (Å²) in [5.74, 6) is 1.91. The Hall–Kier alpha value is -3.46. The van der Waals surface area contributed by atoms with Crippen molar-refractivity contribution in [3.63, 3.8) is 0 Å². The van der Waals surface area contributed by atoms with Gasteiger partial charge in [-0.1, -0.05) is 23.7 Å². The van der Waals surface area contributed by atoms with Crippen LogP contribution in [0.25, 0.3) is 10.9 Å². The van der Waals surface area contributed by atoms with Gasteiger partial charge >= 0.3 is 0 Å². The van der Waals surface area contributed by atoms with E-state index in [9.17, 15) is 0 Å². The summed E-state index contributed by atoms with van der Waals surface area (Å²) in [5.41, 5.74) is 2.38. The number of rotatable bonds is 8. The van der Waals surface area contributed by atoms with Gasteiger partial charge in [-0.3, -0.25) is 4.98 Å². The average molecular weight is 478 g/mol. The lowest BCUT2D eigenvalue weighted by Gasteiger charge is -2.24. The number of hydrogen-bond donors (Lipinski definition) is 2. The molecule has 9 heteroatoms. The predicted molar refractivity (Wildman–Crippen MR) is 131 cm³/mol. The molecule has 2 N–H and O–H groups in total. The largest absolute Gasteiger partial charge is 0.491 e. The molecular weight excluding hydrogens is 454 g/mol. The first-order valence-corrected chi connectivity index (χ1v) is 11.4. The summed E-state index contributed by atoms with van der Waals surface area (Å²) in [5, 5.41) is 8.02. The lowest BCUT2D eigenvalue weighted by Crippen LogP contribution is -2.44. The summed E-state index contributed by atoms with van der Waals surface area (Å²) >= 11 is 6.49. The second kappa shape index (κ2) is 10.6. The van der Waals surface area contributed by atoms with Crippen LogP contribution in [0.1, 0.15) is 5.69 Å². The molecule has 2 aromatic carbocycles. The Morgan fingerprint density at radius 2 is 2.00 bits per heavy atom. The van der Waals surface area contributed by atoms with Gasteiger partial charge in [-0.2, -0.15) is 0 Å². The summed E-state index contributed by atoms with van der Waals surface area (Å²) < 4.78 is 17.5. The molecule has 0 bridgehead atoms. The molecule has 0 spiro atoms. The van der Waals surface area contributed by atoms with Crippen LogP contribution in [0, 0.1) is 0 Å². The third-order valence-electron chi connectivity index (χ3n) is 5.36. The van der Waals surface area contributed by atoms with Crippen molar-refractivity contribution in [3.8, 4) is 11.5 Å². The summed E-state index contributed by atoms with van der Waals surface area (Å²) in [6.07, 6.45) is 3.26. The Morgan fingerprint density at radius 3 is 2.82 bits per heavy atom. The van der Waals surface area contributed by atoms with E-state index in [-0.39, 0.29) is 6.04 Å². The highest BCUT2D eigenvalue weighted by Crippen LogP contribution is 2.34. The van der Waals surface area contributed by atoms with Gasteiger partial charge in [-0.25, -0.2) is 9.97 Å². The number of nitrogens with zero attached hydrogens (tertiary/aromatic N) is 3. The number of benzene rings is 2. The van der Waals surface area contributed by atoms with E-state index in [1.807, 2.05) is 48.5 Å². The van der Waals surface area contributed by atoms with E-state index >= 15 is 0 Å². The monoisotopic (exact) mass is 477 g/mol. The zero-order valence-corrected chi connectivity index (χ0v) is 19.2. The summed E-state index contributed by atoms with van der Waals surface area (Å²) in [6.45, 7) is 3.00. The van der Waals surface area contributed by atoms with E-state index in [1.54, 1.807) is 12.3 Å². The molecule has 8 nitrogen and oxygen atoms in total. The average Bonchev–Trinajstić information content (AvgIpc) is 2.88. The highest BCUT2D eigenvalue weighted by atomic mass is 35.5. The SMILES string of the molecule is Clc1cc(Nc2ncnc3cccc(OC[C@@H]4COCCN4)c23)ccc1OCc1ccccn1. The van der Waals surface area contributed by atoms with Gasteiger partial charge in [0.25, 0.3) is 0 Å². The molecule has 0 radical (unpaired) electrons. The zero-order chi connectivity index (χ0) is 23.2. The van der Waals surface area contributed by atoms with Crippen LogP contribution >= 0.6 is 11.6 Å². The van der Waals surface area contributed by atoms with E-state index < -0.39 is 0 Å². The van der Waals surface area contributed by atoms with Crippen LogP contribution < -0.4 is 20.1 Å². The van der Waals surface area contributed by atoms with Gasteiger partial charge in [0.15, 0.2) is 0 Å². The van der Waals surface area contributed by atoms with Crippen molar-refractivity contribution in [3.05, 3.63) is 77.8 Å². The number of aromatic nitrogens is 3. The maximum Gasteiger partial charge on any atom is 0.145 e. The first kappa shape index (κ1) is 22.3.